The molecule has 23 heavy (non-hydrogen) atoms. The highest BCUT2D eigenvalue weighted by Crippen LogP contribution is 2.61. The molecule has 2 aliphatic rings. The molecule has 1 N–H and O–H groups in total. The van der Waals surface area contributed by atoms with E-state index in [1.807, 2.05) is 19.3 Å². The van der Waals surface area contributed by atoms with Crippen molar-refractivity contribution in [2.75, 3.05) is 0 Å². The summed E-state index contributed by atoms with van der Waals surface area (Å²) in [6.07, 6.45) is 10.4. The van der Waals surface area contributed by atoms with Gasteiger partial charge in [-0.15, -0.1) is 0 Å². The van der Waals surface area contributed by atoms with Gasteiger partial charge in [-0.25, -0.2) is 0 Å². The lowest BCUT2D eigenvalue weighted by Crippen LogP contribution is -2.53. The van der Waals surface area contributed by atoms with Crippen LogP contribution < -0.4 is 0 Å². The van der Waals surface area contributed by atoms with Gasteiger partial charge in [-0.1, -0.05) is 25.5 Å². The number of carboxylic acids is 1. The molecule has 1 unspecified atom stereocenters. The number of hydrogen-bond donors (Lipinski definition) is 1. The van der Waals surface area contributed by atoms with Gasteiger partial charge in [0.2, 0.25) is 0 Å². The van der Waals surface area contributed by atoms with Gasteiger partial charge in [0, 0.05) is 0 Å². The maximum Gasteiger partial charge on any atom is 0.309 e. The Morgan fingerprint density at radius 3 is 2.87 bits per heavy atom. The molecule has 0 radical (unpaired) electrons. The van der Waals surface area contributed by atoms with Crippen molar-refractivity contribution in [2.45, 2.75) is 58.8 Å². The maximum atomic E-state index is 12.0. The van der Waals surface area contributed by atoms with Crippen molar-refractivity contribution in [2.24, 2.45) is 22.7 Å². The zero-order valence-corrected chi connectivity index (χ0v) is 14.3. The van der Waals surface area contributed by atoms with Crippen molar-refractivity contribution >= 4 is 5.97 Å². The standard InChI is InChI=1S/C20H28O3/c1-14-5-8-17-19(2,10-4-11-20(17,3)18(21)22)16(14)7-6-15-9-12-23-13-15/h9,12-13,16-17H,1,4-8,10-11H2,2-3H3,(H,21,22)/t16-,17-,19?,20-/m0/s1. The lowest BCUT2D eigenvalue weighted by molar-refractivity contribution is -0.164. The van der Waals surface area contributed by atoms with Crippen LogP contribution in [0.25, 0.3) is 0 Å². The average Bonchev–Trinajstić information content (AvgIpc) is 2.99. The van der Waals surface area contributed by atoms with Crippen LogP contribution in [0.1, 0.15) is 57.9 Å². The number of hydrogen-bond acceptors (Lipinski definition) is 2. The fraction of sp³-hybridized carbons (Fsp3) is 0.650. The molecule has 0 spiro atoms. The Hall–Kier alpha value is -1.51. The Labute approximate surface area is 138 Å². The van der Waals surface area contributed by atoms with E-state index in [-0.39, 0.29) is 11.3 Å². The first kappa shape index (κ1) is 16.4. The molecule has 0 aliphatic heterocycles. The highest BCUT2D eigenvalue weighted by Gasteiger charge is 2.57. The largest absolute Gasteiger partial charge is 0.481 e. The zero-order valence-electron chi connectivity index (χ0n) is 14.3. The Kier molecular flexibility index (Phi) is 4.16. The van der Waals surface area contributed by atoms with Gasteiger partial charge in [-0.3, -0.25) is 4.79 Å². The second-order valence-corrected chi connectivity index (χ2v) is 8.05. The SMILES string of the molecule is C=C1CC[C@H]2C(C)(CCC[C@]2(C)C(=O)O)[C@H]1CCc1ccoc1. The fourth-order valence-corrected chi connectivity index (χ4v) is 5.48. The van der Waals surface area contributed by atoms with Gasteiger partial charge < -0.3 is 9.52 Å². The van der Waals surface area contributed by atoms with E-state index in [1.165, 1.54) is 11.1 Å². The third-order valence-electron chi connectivity index (χ3n) is 6.81. The monoisotopic (exact) mass is 316 g/mol. The van der Waals surface area contributed by atoms with E-state index in [1.54, 1.807) is 6.26 Å². The number of fused-ring (bicyclic) bond motifs is 1. The quantitative estimate of drug-likeness (QED) is 0.788. The Morgan fingerprint density at radius 2 is 2.22 bits per heavy atom. The molecule has 3 rings (SSSR count). The summed E-state index contributed by atoms with van der Waals surface area (Å²) >= 11 is 0. The molecule has 2 saturated carbocycles. The van der Waals surface area contributed by atoms with Crippen molar-refractivity contribution in [1.29, 1.82) is 0 Å². The molecule has 126 valence electrons. The molecule has 3 heteroatoms. The highest BCUT2D eigenvalue weighted by atomic mass is 16.4. The lowest BCUT2D eigenvalue weighted by atomic mass is 9.46. The van der Waals surface area contributed by atoms with Crippen LogP contribution in [-0.2, 0) is 11.2 Å². The summed E-state index contributed by atoms with van der Waals surface area (Å²) in [6, 6.07) is 2.02. The summed E-state index contributed by atoms with van der Waals surface area (Å²) < 4.78 is 5.18. The van der Waals surface area contributed by atoms with Crippen LogP contribution in [0, 0.1) is 22.7 Å². The molecule has 2 aliphatic carbocycles. The number of rotatable bonds is 4. The van der Waals surface area contributed by atoms with E-state index < -0.39 is 11.4 Å². The first-order valence-electron chi connectivity index (χ1n) is 8.80. The Morgan fingerprint density at radius 1 is 1.43 bits per heavy atom. The van der Waals surface area contributed by atoms with Crippen molar-refractivity contribution in [3.8, 4) is 0 Å². The van der Waals surface area contributed by atoms with Crippen LogP contribution in [0.4, 0.5) is 0 Å². The van der Waals surface area contributed by atoms with Gasteiger partial charge in [0.1, 0.15) is 0 Å². The van der Waals surface area contributed by atoms with Crippen LogP contribution in [-0.4, -0.2) is 11.1 Å². The smallest absolute Gasteiger partial charge is 0.309 e. The van der Waals surface area contributed by atoms with E-state index in [2.05, 4.69) is 13.5 Å². The minimum Gasteiger partial charge on any atom is -0.481 e. The Balaban J connectivity index is 1.86. The van der Waals surface area contributed by atoms with Gasteiger partial charge >= 0.3 is 5.97 Å². The zero-order chi connectivity index (χ0) is 16.7. The minimum atomic E-state index is -0.616. The van der Waals surface area contributed by atoms with Crippen LogP contribution >= 0.6 is 0 Å². The lowest BCUT2D eigenvalue weighted by Gasteiger charge is -2.57. The van der Waals surface area contributed by atoms with Crippen LogP contribution in [0.2, 0.25) is 0 Å². The molecule has 1 aromatic heterocycles. The summed E-state index contributed by atoms with van der Waals surface area (Å²) in [5.41, 5.74) is 2.02. The summed E-state index contributed by atoms with van der Waals surface area (Å²) in [7, 11) is 0. The van der Waals surface area contributed by atoms with Crippen molar-refractivity contribution < 1.29 is 14.3 Å². The third kappa shape index (κ3) is 2.64. The van der Waals surface area contributed by atoms with Gasteiger partial charge in [-0.05, 0) is 74.3 Å². The number of aliphatic carboxylic acids is 1. The summed E-state index contributed by atoms with van der Waals surface area (Å²) in [6.45, 7) is 8.65. The third-order valence-corrected chi connectivity index (χ3v) is 6.81. The predicted octanol–water partition coefficient (Wildman–Crippen LogP) is 5.08. The number of aryl methyl sites for hydroxylation is 1. The van der Waals surface area contributed by atoms with Gasteiger partial charge in [0.25, 0.3) is 0 Å². The number of carbonyl (C=O) groups is 1. The predicted molar refractivity (Wildman–Crippen MR) is 90.1 cm³/mol. The molecule has 0 bridgehead atoms. The van der Waals surface area contributed by atoms with Gasteiger partial charge in [0.15, 0.2) is 0 Å². The topological polar surface area (TPSA) is 50.4 Å². The van der Waals surface area contributed by atoms with E-state index in [4.69, 9.17) is 4.42 Å². The second-order valence-electron chi connectivity index (χ2n) is 8.05. The van der Waals surface area contributed by atoms with E-state index >= 15 is 0 Å². The minimum absolute atomic E-state index is 0.0600. The molecule has 0 amide bonds. The van der Waals surface area contributed by atoms with Gasteiger partial charge in [0.05, 0.1) is 17.9 Å². The van der Waals surface area contributed by atoms with Gasteiger partial charge in [-0.2, -0.15) is 0 Å². The van der Waals surface area contributed by atoms with Crippen LogP contribution in [0.3, 0.4) is 0 Å². The van der Waals surface area contributed by atoms with Crippen molar-refractivity contribution in [3.63, 3.8) is 0 Å². The van der Waals surface area contributed by atoms with Crippen molar-refractivity contribution in [1.82, 2.24) is 0 Å². The number of allylic oxidation sites excluding steroid dienone is 1. The molecule has 4 atom stereocenters. The number of furan rings is 1. The molecule has 0 aromatic carbocycles. The van der Waals surface area contributed by atoms with Crippen molar-refractivity contribution in [3.05, 3.63) is 36.3 Å². The molecule has 1 heterocycles. The van der Waals surface area contributed by atoms with E-state index in [0.29, 0.717) is 5.92 Å². The van der Waals surface area contributed by atoms with Crippen LogP contribution in [0.15, 0.2) is 35.2 Å². The average molecular weight is 316 g/mol. The fourth-order valence-electron chi connectivity index (χ4n) is 5.48. The maximum absolute atomic E-state index is 12.0. The van der Waals surface area contributed by atoms with Crippen LogP contribution in [0.5, 0.6) is 0 Å². The summed E-state index contributed by atoms with van der Waals surface area (Å²) in [4.78, 5) is 12.0. The summed E-state index contributed by atoms with van der Waals surface area (Å²) in [5.74, 6) is 0.0470. The van der Waals surface area contributed by atoms with E-state index in [9.17, 15) is 9.90 Å². The Bertz CT molecular complexity index is 588. The van der Waals surface area contributed by atoms with E-state index in [0.717, 1.165) is 44.9 Å². The molecule has 2 fully saturated rings. The molecular weight excluding hydrogens is 288 g/mol. The second kappa shape index (κ2) is 5.85. The normalized spacial score (nSPS) is 37.4. The number of carboxylic acid groups (broad SMARTS) is 1. The molecular formula is C20H28O3. The molecule has 0 saturated heterocycles. The first-order valence-corrected chi connectivity index (χ1v) is 8.80. The molecule has 1 aromatic rings. The highest BCUT2D eigenvalue weighted by molar-refractivity contribution is 5.75. The first-order chi connectivity index (χ1) is 10.9. The summed E-state index contributed by atoms with van der Waals surface area (Å²) in [5, 5.41) is 9.85. The molecule has 3 nitrogen and oxygen atoms in total.